The van der Waals surface area contributed by atoms with E-state index < -0.39 is 0 Å². The van der Waals surface area contributed by atoms with Gasteiger partial charge < -0.3 is 0 Å². The van der Waals surface area contributed by atoms with Gasteiger partial charge in [-0.25, -0.2) is 0 Å². The number of hydrogen-bond acceptors (Lipinski definition) is 2. The minimum absolute atomic E-state index is 0.730. The van der Waals surface area contributed by atoms with E-state index in [9.17, 15) is 0 Å². The van der Waals surface area contributed by atoms with Crippen LogP contribution in [0.2, 0.25) is 0 Å². The first-order chi connectivity index (χ1) is 5.84. The summed E-state index contributed by atoms with van der Waals surface area (Å²) in [5, 5.41) is 0. The van der Waals surface area contributed by atoms with Crippen LogP contribution in [0, 0.1) is 12.3 Å². The first kappa shape index (κ1) is 9.95. The summed E-state index contributed by atoms with van der Waals surface area (Å²) in [6.45, 7) is 4.61. The summed E-state index contributed by atoms with van der Waals surface area (Å²) in [5.41, 5.74) is 0. The van der Waals surface area contributed by atoms with Crippen LogP contribution in [0.25, 0.3) is 0 Å². The van der Waals surface area contributed by atoms with Crippen LogP contribution in [0.1, 0.15) is 19.8 Å². The van der Waals surface area contributed by atoms with E-state index in [-0.39, 0.29) is 0 Å². The van der Waals surface area contributed by atoms with Crippen LogP contribution in [0.15, 0.2) is 0 Å². The molecule has 0 aromatic heterocycles. The standard InChI is InChI=1S/C10H17NS/c1-3-4-6-11-7-9-12-8-5-10(11)2/h1,10H,4-9H2,2H3. The van der Waals surface area contributed by atoms with Crippen molar-refractivity contribution >= 4 is 11.8 Å². The molecule has 1 rings (SSSR count). The molecule has 1 unspecified atom stereocenters. The summed E-state index contributed by atoms with van der Waals surface area (Å²) in [5.74, 6) is 5.29. The molecule has 0 spiro atoms. The molecule has 0 aromatic carbocycles. The third kappa shape index (κ3) is 3.08. The van der Waals surface area contributed by atoms with Crippen LogP contribution in [0.5, 0.6) is 0 Å². The Morgan fingerprint density at radius 3 is 3.17 bits per heavy atom. The molecule has 1 heterocycles. The zero-order valence-electron chi connectivity index (χ0n) is 7.75. The van der Waals surface area contributed by atoms with Gasteiger partial charge in [0.1, 0.15) is 0 Å². The zero-order chi connectivity index (χ0) is 8.81. The molecule has 12 heavy (non-hydrogen) atoms. The Morgan fingerprint density at radius 2 is 2.42 bits per heavy atom. The zero-order valence-corrected chi connectivity index (χ0v) is 8.57. The Kier molecular flexibility index (Phi) is 4.57. The van der Waals surface area contributed by atoms with Crippen molar-refractivity contribution in [3.8, 4) is 12.3 Å². The van der Waals surface area contributed by atoms with Crippen molar-refractivity contribution in [1.29, 1.82) is 0 Å². The molecule has 0 bridgehead atoms. The fraction of sp³-hybridized carbons (Fsp3) is 0.800. The molecule has 68 valence electrons. The smallest absolute Gasteiger partial charge is 0.0214 e. The Morgan fingerprint density at radius 1 is 1.58 bits per heavy atom. The fourth-order valence-corrected chi connectivity index (χ4v) is 2.56. The van der Waals surface area contributed by atoms with Crippen molar-refractivity contribution < 1.29 is 0 Å². The second-order valence-electron chi connectivity index (χ2n) is 3.24. The Bertz CT molecular complexity index is 162. The fourth-order valence-electron chi connectivity index (χ4n) is 1.48. The number of terminal acetylenes is 1. The van der Waals surface area contributed by atoms with Crippen LogP contribution in [-0.2, 0) is 0 Å². The molecule has 0 amide bonds. The molecule has 0 N–H and O–H groups in total. The van der Waals surface area contributed by atoms with Gasteiger partial charge in [0.05, 0.1) is 0 Å². The molecule has 0 radical (unpaired) electrons. The van der Waals surface area contributed by atoms with Crippen LogP contribution in [-0.4, -0.2) is 35.5 Å². The summed E-state index contributed by atoms with van der Waals surface area (Å²) in [7, 11) is 0. The Balaban J connectivity index is 2.32. The van der Waals surface area contributed by atoms with Crippen molar-refractivity contribution in [1.82, 2.24) is 4.90 Å². The predicted octanol–water partition coefficient (Wildman–Crippen LogP) is 1.84. The Labute approximate surface area is 79.9 Å². The lowest BCUT2D eigenvalue weighted by Crippen LogP contribution is -2.34. The number of rotatable bonds is 2. The highest BCUT2D eigenvalue weighted by Crippen LogP contribution is 2.15. The third-order valence-electron chi connectivity index (χ3n) is 2.37. The average Bonchev–Trinajstić information content (AvgIpc) is 2.27. The molecule has 1 fully saturated rings. The maximum Gasteiger partial charge on any atom is 0.0214 e. The summed E-state index contributed by atoms with van der Waals surface area (Å²) >= 11 is 2.06. The first-order valence-corrected chi connectivity index (χ1v) is 5.75. The average molecular weight is 183 g/mol. The largest absolute Gasteiger partial charge is 0.299 e. The third-order valence-corrected chi connectivity index (χ3v) is 3.37. The highest BCUT2D eigenvalue weighted by atomic mass is 32.2. The van der Waals surface area contributed by atoms with E-state index in [0.717, 1.165) is 19.0 Å². The van der Waals surface area contributed by atoms with E-state index in [0.29, 0.717) is 0 Å². The van der Waals surface area contributed by atoms with Gasteiger partial charge >= 0.3 is 0 Å². The van der Waals surface area contributed by atoms with Gasteiger partial charge in [0, 0.05) is 31.3 Å². The lowest BCUT2D eigenvalue weighted by molar-refractivity contribution is 0.226. The van der Waals surface area contributed by atoms with Crippen molar-refractivity contribution in [3.05, 3.63) is 0 Å². The van der Waals surface area contributed by atoms with E-state index >= 15 is 0 Å². The maximum absolute atomic E-state index is 5.25. The van der Waals surface area contributed by atoms with Gasteiger partial charge in [0.2, 0.25) is 0 Å². The highest BCUT2D eigenvalue weighted by Gasteiger charge is 2.15. The second-order valence-corrected chi connectivity index (χ2v) is 4.46. The van der Waals surface area contributed by atoms with Crippen molar-refractivity contribution in [3.63, 3.8) is 0 Å². The van der Waals surface area contributed by atoms with Crippen molar-refractivity contribution in [2.24, 2.45) is 0 Å². The van der Waals surface area contributed by atoms with Gasteiger partial charge in [-0.3, -0.25) is 4.90 Å². The van der Waals surface area contributed by atoms with E-state index in [1.165, 1.54) is 24.5 Å². The van der Waals surface area contributed by atoms with Crippen molar-refractivity contribution in [2.45, 2.75) is 25.8 Å². The van der Waals surface area contributed by atoms with Crippen LogP contribution >= 0.6 is 11.8 Å². The quantitative estimate of drug-likeness (QED) is 0.601. The van der Waals surface area contributed by atoms with Crippen LogP contribution in [0.4, 0.5) is 0 Å². The number of thioether (sulfide) groups is 1. The van der Waals surface area contributed by atoms with Gasteiger partial charge in [0.25, 0.3) is 0 Å². The van der Waals surface area contributed by atoms with Crippen molar-refractivity contribution in [2.75, 3.05) is 24.6 Å². The Hall–Kier alpha value is -0.130. The van der Waals surface area contributed by atoms with Crippen LogP contribution in [0.3, 0.4) is 0 Å². The molecular weight excluding hydrogens is 166 g/mol. The second kappa shape index (κ2) is 5.50. The van der Waals surface area contributed by atoms with Gasteiger partial charge in [-0.2, -0.15) is 11.8 Å². The number of hydrogen-bond donors (Lipinski definition) is 0. The summed E-state index contributed by atoms with van der Waals surface area (Å²) in [6, 6.07) is 0.730. The van der Waals surface area contributed by atoms with Gasteiger partial charge in [0.15, 0.2) is 0 Å². The molecular formula is C10H17NS. The topological polar surface area (TPSA) is 3.24 Å². The molecule has 1 nitrogen and oxygen atoms in total. The van der Waals surface area contributed by atoms with Crippen LogP contribution < -0.4 is 0 Å². The number of nitrogens with zero attached hydrogens (tertiary/aromatic N) is 1. The monoisotopic (exact) mass is 183 g/mol. The summed E-state index contributed by atoms with van der Waals surface area (Å²) < 4.78 is 0. The molecule has 0 saturated carbocycles. The van der Waals surface area contributed by atoms with E-state index in [2.05, 4.69) is 29.5 Å². The minimum Gasteiger partial charge on any atom is -0.299 e. The lowest BCUT2D eigenvalue weighted by Gasteiger charge is -2.25. The molecule has 2 heteroatoms. The summed E-state index contributed by atoms with van der Waals surface area (Å²) in [6.07, 6.45) is 7.46. The first-order valence-electron chi connectivity index (χ1n) is 4.60. The molecule has 1 atom stereocenters. The summed E-state index contributed by atoms with van der Waals surface area (Å²) in [4.78, 5) is 2.51. The van der Waals surface area contributed by atoms with E-state index in [4.69, 9.17) is 6.42 Å². The molecule has 0 aliphatic carbocycles. The predicted molar refractivity (Wildman–Crippen MR) is 56.4 cm³/mol. The molecule has 1 saturated heterocycles. The SMILES string of the molecule is C#CCCN1CCSCCC1C. The maximum atomic E-state index is 5.25. The molecule has 1 aliphatic rings. The lowest BCUT2D eigenvalue weighted by atomic mass is 10.2. The molecule has 0 aromatic rings. The van der Waals surface area contributed by atoms with E-state index in [1.807, 2.05) is 0 Å². The van der Waals surface area contributed by atoms with Gasteiger partial charge in [-0.05, 0) is 19.1 Å². The van der Waals surface area contributed by atoms with E-state index in [1.54, 1.807) is 0 Å². The molecule has 1 aliphatic heterocycles. The minimum atomic E-state index is 0.730. The normalized spacial score (nSPS) is 26.2. The van der Waals surface area contributed by atoms with Gasteiger partial charge in [-0.15, -0.1) is 12.3 Å². The highest BCUT2D eigenvalue weighted by molar-refractivity contribution is 7.99. The van der Waals surface area contributed by atoms with Gasteiger partial charge in [-0.1, -0.05) is 0 Å².